The Kier molecular flexibility index (Phi) is 4.42. The van der Waals surface area contributed by atoms with Crippen molar-refractivity contribution in [3.8, 4) is 0 Å². The number of hydrogen-bond donors (Lipinski definition) is 2. The first-order chi connectivity index (χ1) is 6.22. The van der Waals surface area contributed by atoms with Gasteiger partial charge in [0.15, 0.2) is 0 Å². The van der Waals surface area contributed by atoms with E-state index in [4.69, 9.17) is 5.84 Å². The van der Waals surface area contributed by atoms with Gasteiger partial charge >= 0.3 is 0 Å². The van der Waals surface area contributed by atoms with Gasteiger partial charge in [0.25, 0.3) is 0 Å². The van der Waals surface area contributed by atoms with Gasteiger partial charge in [0.05, 0.1) is 0 Å². The highest BCUT2D eigenvalue weighted by molar-refractivity contribution is 7.09. The lowest BCUT2D eigenvalue weighted by Crippen LogP contribution is -2.37. The van der Waals surface area contributed by atoms with Crippen LogP contribution in [0.15, 0.2) is 17.5 Å². The molecule has 0 saturated heterocycles. The first-order valence-corrected chi connectivity index (χ1v) is 5.59. The van der Waals surface area contributed by atoms with Crippen molar-refractivity contribution in [2.45, 2.75) is 32.7 Å². The van der Waals surface area contributed by atoms with Crippen molar-refractivity contribution in [2.75, 3.05) is 0 Å². The van der Waals surface area contributed by atoms with Crippen molar-refractivity contribution in [1.82, 2.24) is 5.43 Å². The molecule has 0 bridgehead atoms. The van der Waals surface area contributed by atoms with E-state index in [1.54, 1.807) is 11.3 Å². The molecule has 1 rings (SSSR count). The van der Waals surface area contributed by atoms with Crippen LogP contribution in [0.25, 0.3) is 0 Å². The number of rotatable bonds is 5. The van der Waals surface area contributed by atoms with E-state index in [2.05, 4.69) is 36.8 Å². The van der Waals surface area contributed by atoms with E-state index in [9.17, 15) is 0 Å². The molecule has 1 unspecified atom stereocenters. The van der Waals surface area contributed by atoms with Crippen LogP contribution < -0.4 is 11.3 Å². The lowest BCUT2D eigenvalue weighted by Gasteiger charge is -2.16. The Morgan fingerprint density at radius 3 is 2.77 bits per heavy atom. The minimum absolute atomic E-state index is 0.415. The molecule has 1 aromatic rings. The van der Waals surface area contributed by atoms with Crippen molar-refractivity contribution in [1.29, 1.82) is 0 Å². The number of hydrogen-bond acceptors (Lipinski definition) is 3. The molecule has 0 amide bonds. The zero-order valence-electron chi connectivity index (χ0n) is 8.29. The average Bonchev–Trinajstić information content (AvgIpc) is 2.55. The van der Waals surface area contributed by atoms with Crippen molar-refractivity contribution in [3.05, 3.63) is 22.4 Å². The number of nitrogens with one attached hydrogen (secondary N) is 1. The van der Waals surface area contributed by atoms with Crippen LogP contribution in [0.5, 0.6) is 0 Å². The Morgan fingerprint density at radius 1 is 1.54 bits per heavy atom. The molecule has 2 nitrogen and oxygen atoms in total. The molecular formula is C10H18N2S. The third-order valence-electron chi connectivity index (χ3n) is 2.02. The van der Waals surface area contributed by atoms with E-state index < -0.39 is 0 Å². The van der Waals surface area contributed by atoms with Gasteiger partial charge in [-0.3, -0.25) is 11.3 Å². The summed E-state index contributed by atoms with van der Waals surface area (Å²) in [5, 5.41) is 2.11. The van der Waals surface area contributed by atoms with Crippen LogP contribution in [0.3, 0.4) is 0 Å². The van der Waals surface area contributed by atoms with Crippen LogP contribution in [-0.2, 0) is 6.42 Å². The summed E-state index contributed by atoms with van der Waals surface area (Å²) in [5.41, 5.74) is 2.88. The summed E-state index contributed by atoms with van der Waals surface area (Å²) in [4.78, 5) is 1.41. The molecule has 0 radical (unpaired) electrons. The molecule has 13 heavy (non-hydrogen) atoms. The fraction of sp³-hybridized carbons (Fsp3) is 0.600. The average molecular weight is 198 g/mol. The molecule has 0 aliphatic carbocycles. The number of nitrogens with two attached hydrogens (primary N) is 1. The van der Waals surface area contributed by atoms with E-state index in [-0.39, 0.29) is 0 Å². The Morgan fingerprint density at radius 2 is 2.31 bits per heavy atom. The second-order valence-electron chi connectivity index (χ2n) is 3.78. The summed E-state index contributed by atoms with van der Waals surface area (Å²) in [6, 6.07) is 4.66. The minimum atomic E-state index is 0.415. The maximum absolute atomic E-state index is 5.49. The van der Waals surface area contributed by atoms with Crippen LogP contribution in [0.4, 0.5) is 0 Å². The van der Waals surface area contributed by atoms with Gasteiger partial charge in [-0.15, -0.1) is 11.3 Å². The molecule has 0 aromatic carbocycles. The van der Waals surface area contributed by atoms with Gasteiger partial charge in [-0.1, -0.05) is 19.9 Å². The molecule has 74 valence electrons. The van der Waals surface area contributed by atoms with Crippen molar-refractivity contribution in [2.24, 2.45) is 11.8 Å². The summed E-state index contributed by atoms with van der Waals surface area (Å²) >= 11 is 1.80. The van der Waals surface area contributed by atoms with Gasteiger partial charge in [0.1, 0.15) is 0 Å². The van der Waals surface area contributed by atoms with E-state index >= 15 is 0 Å². The summed E-state index contributed by atoms with van der Waals surface area (Å²) in [6.07, 6.45) is 2.18. The first-order valence-electron chi connectivity index (χ1n) is 4.71. The highest BCUT2D eigenvalue weighted by Gasteiger charge is 2.09. The van der Waals surface area contributed by atoms with E-state index in [1.165, 1.54) is 4.88 Å². The van der Waals surface area contributed by atoms with Crippen LogP contribution in [0, 0.1) is 5.92 Å². The zero-order chi connectivity index (χ0) is 9.68. The Balaban J connectivity index is 2.40. The maximum Gasteiger partial charge on any atom is 0.0261 e. The number of hydrazine groups is 1. The molecule has 3 heteroatoms. The standard InChI is InChI=1S/C10H18N2S/c1-8(2)6-9(12-11)7-10-4-3-5-13-10/h3-5,8-9,12H,6-7,11H2,1-2H3. The van der Waals surface area contributed by atoms with Crippen LogP contribution in [0.1, 0.15) is 25.1 Å². The third-order valence-corrected chi connectivity index (χ3v) is 2.92. The fourth-order valence-electron chi connectivity index (χ4n) is 1.45. The lowest BCUT2D eigenvalue weighted by atomic mass is 10.0. The third kappa shape index (κ3) is 3.89. The van der Waals surface area contributed by atoms with Crippen LogP contribution >= 0.6 is 11.3 Å². The SMILES string of the molecule is CC(C)CC(Cc1cccs1)NN. The van der Waals surface area contributed by atoms with Crippen molar-refractivity contribution in [3.63, 3.8) is 0 Å². The first kappa shape index (κ1) is 10.7. The Hall–Kier alpha value is -0.380. The highest BCUT2D eigenvalue weighted by atomic mass is 32.1. The molecule has 1 aromatic heterocycles. The van der Waals surface area contributed by atoms with Gasteiger partial charge in [-0.2, -0.15) is 0 Å². The maximum atomic E-state index is 5.49. The monoisotopic (exact) mass is 198 g/mol. The molecule has 0 fully saturated rings. The van der Waals surface area contributed by atoms with Gasteiger partial charge in [-0.05, 0) is 30.2 Å². The normalized spacial score (nSPS) is 13.5. The van der Waals surface area contributed by atoms with E-state index in [1.807, 2.05) is 0 Å². The second-order valence-corrected chi connectivity index (χ2v) is 4.81. The Labute approximate surface area is 84.1 Å². The fourth-order valence-corrected chi connectivity index (χ4v) is 2.24. The van der Waals surface area contributed by atoms with Crippen LogP contribution in [-0.4, -0.2) is 6.04 Å². The van der Waals surface area contributed by atoms with E-state index in [0.717, 1.165) is 12.8 Å². The van der Waals surface area contributed by atoms with E-state index in [0.29, 0.717) is 12.0 Å². The molecule has 0 spiro atoms. The largest absolute Gasteiger partial charge is 0.271 e. The van der Waals surface area contributed by atoms with Crippen molar-refractivity contribution >= 4 is 11.3 Å². The predicted octanol–water partition coefficient (Wildman–Crippen LogP) is 2.17. The Bertz CT molecular complexity index is 219. The van der Waals surface area contributed by atoms with Gasteiger partial charge in [0, 0.05) is 10.9 Å². The number of thiophene rings is 1. The van der Waals surface area contributed by atoms with Crippen molar-refractivity contribution < 1.29 is 0 Å². The summed E-state index contributed by atoms with van der Waals surface area (Å²) in [5.74, 6) is 6.19. The molecule has 1 atom stereocenters. The lowest BCUT2D eigenvalue weighted by molar-refractivity contribution is 0.425. The molecule has 1 heterocycles. The van der Waals surface area contributed by atoms with Gasteiger partial charge in [0.2, 0.25) is 0 Å². The van der Waals surface area contributed by atoms with Gasteiger partial charge < -0.3 is 0 Å². The molecule has 3 N–H and O–H groups in total. The zero-order valence-corrected chi connectivity index (χ0v) is 9.10. The minimum Gasteiger partial charge on any atom is -0.271 e. The smallest absolute Gasteiger partial charge is 0.0261 e. The summed E-state index contributed by atoms with van der Waals surface area (Å²) < 4.78 is 0. The van der Waals surface area contributed by atoms with Gasteiger partial charge in [-0.25, -0.2) is 0 Å². The topological polar surface area (TPSA) is 38.0 Å². The predicted molar refractivity (Wildman–Crippen MR) is 58.6 cm³/mol. The summed E-state index contributed by atoms with van der Waals surface area (Å²) in [6.45, 7) is 4.44. The molecular weight excluding hydrogens is 180 g/mol. The van der Waals surface area contributed by atoms with Crippen LogP contribution in [0.2, 0.25) is 0 Å². The molecule has 0 aliphatic heterocycles. The quantitative estimate of drug-likeness (QED) is 0.562. The molecule has 0 saturated carbocycles. The summed E-state index contributed by atoms with van der Waals surface area (Å²) in [7, 11) is 0. The second kappa shape index (κ2) is 5.37. The highest BCUT2D eigenvalue weighted by Crippen LogP contribution is 2.14. The molecule has 0 aliphatic rings.